The summed E-state index contributed by atoms with van der Waals surface area (Å²) in [4.78, 5) is 23.2. The number of imidazole rings is 1. The van der Waals surface area contributed by atoms with Crippen molar-refractivity contribution in [2.24, 2.45) is 0 Å². The fourth-order valence-electron chi connectivity index (χ4n) is 1.72. The largest absolute Gasteiger partial charge is 0.295 e. The number of carbonyl (C=O) groups excluding carboxylic acids is 1. The molecule has 2 rings (SSSR count). The van der Waals surface area contributed by atoms with Crippen LogP contribution < -0.4 is 0 Å². The van der Waals surface area contributed by atoms with Gasteiger partial charge in [-0.2, -0.15) is 0 Å². The Labute approximate surface area is 116 Å². The van der Waals surface area contributed by atoms with E-state index in [1.165, 1.54) is 12.2 Å². The molecule has 19 heavy (non-hydrogen) atoms. The Morgan fingerprint density at radius 1 is 1.63 bits per heavy atom. The normalized spacial score (nSPS) is 11.5. The SMILES string of the molecule is CCC/C=C/c1sc2cncn2c1C(=O)N(C)OC. The number of rotatable bonds is 5. The Morgan fingerprint density at radius 3 is 3.11 bits per heavy atom. The molecule has 2 heterocycles. The average Bonchev–Trinajstić information content (AvgIpc) is 2.97. The summed E-state index contributed by atoms with van der Waals surface area (Å²) >= 11 is 1.55. The second-order valence-electron chi connectivity index (χ2n) is 4.09. The molecular weight excluding hydrogens is 262 g/mol. The third-order valence-electron chi connectivity index (χ3n) is 2.78. The number of unbranched alkanes of at least 4 members (excludes halogenated alkanes) is 1. The van der Waals surface area contributed by atoms with Crippen molar-refractivity contribution in [3.63, 3.8) is 0 Å². The molecule has 0 fully saturated rings. The lowest BCUT2D eigenvalue weighted by atomic mass is 10.2. The van der Waals surface area contributed by atoms with Gasteiger partial charge in [-0.15, -0.1) is 11.3 Å². The van der Waals surface area contributed by atoms with Crippen LogP contribution in [0, 0.1) is 0 Å². The molecule has 0 saturated carbocycles. The highest BCUT2D eigenvalue weighted by Crippen LogP contribution is 2.26. The molecule has 0 aliphatic rings. The summed E-state index contributed by atoms with van der Waals surface area (Å²) in [5, 5.41) is 1.22. The number of allylic oxidation sites excluding steroid dienone is 1. The van der Waals surface area contributed by atoms with Crippen molar-refractivity contribution in [1.29, 1.82) is 0 Å². The Hall–Kier alpha value is -1.66. The van der Waals surface area contributed by atoms with Gasteiger partial charge in [0, 0.05) is 7.05 Å². The zero-order chi connectivity index (χ0) is 13.8. The summed E-state index contributed by atoms with van der Waals surface area (Å²) in [5.74, 6) is -0.178. The molecule has 0 atom stereocenters. The number of carbonyl (C=O) groups is 1. The molecule has 2 aromatic rings. The van der Waals surface area contributed by atoms with Crippen molar-refractivity contribution in [2.45, 2.75) is 19.8 Å². The van der Waals surface area contributed by atoms with Gasteiger partial charge in [0.2, 0.25) is 0 Å². The van der Waals surface area contributed by atoms with Gasteiger partial charge in [0.25, 0.3) is 5.91 Å². The minimum atomic E-state index is -0.178. The molecule has 6 heteroatoms. The average molecular weight is 279 g/mol. The van der Waals surface area contributed by atoms with Crippen LogP contribution in [0.3, 0.4) is 0 Å². The highest BCUT2D eigenvalue weighted by Gasteiger charge is 2.21. The first-order valence-electron chi connectivity index (χ1n) is 6.12. The third-order valence-corrected chi connectivity index (χ3v) is 3.84. The predicted octanol–water partition coefficient (Wildman–Crippen LogP) is 2.84. The lowest BCUT2D eigenvalue weighted by Gasteiger charge is -2.13. The monoisotopic (exact) mass is 279 g/mol. The molecule has 0 aromatic carbocycles. The van der Waals surface area contributed by atoms with E-state index >= 15 is 0 Å². The van der Waals surface area contributed by atoms with Crippen LogP contribution in [0.25, 0.3) is 10.9 Å². The lowest BCUT2D eigenvalue weighted by molar-refractivity contribution is -0.0761. The van der Waals surface area contributed by atoms with E-state index in [4.69, 9.17) is 4.84 Å². The van der Waals surface area contributed by atoms with E-state index in [0.717, 1.165) is 22.5 Å². The maximum absolute atomic E-state index is 12.3. The number of amides is 1. The number of hydrogen-bond donors (Lipinski definition) is 0. The number of fused-ring (bicyclic) bond motifs is 1. The number of thiazole rings is 1. The Kier molecular flexibility index (Phi) is 4.34. The van der Waals surface area contributed by atoms with Gasteiger partial charge in [0.05, 0.1) is 18.2 Å². The van der Waals surface area contributed by atoms with Crippen LogP contribution in [0.2, 0.25) is 0 Å². The Balaban J connectivity index is 2.45. The van der Waals surface area contributed by atoms with Gasteiger partial charge in [0.1, 0.15) is 16.9 Å². The summed E-state index contributed by atoms with van der Waals surface area (Å²) < 4.78 is 1.80. The minimum absolute atomic E-state index is 0.178. The van der Waals surface area contributed by atoms with Gasteiger partial charge in [-0.05, 0) is 12.5 Å². The van der Waals surface area contributed by atoms with Crippen molar-refractivity contribution in [1.82, 2.24) is 14.4 Å². The first kappa shape index (κ1) is 13.8. The Morgan fingerprint density at radius 2 is 2.42 bits per heavy atom. The highest BCUT2D eigenvalue weighted by molar-refractivity contribution is 7.18. The summed E-state index contributed by atoms with van der Waals surface area (Å²) in [6.07, 6.45) is 9.58. The quantitative estimate of drug-likeness (QED) is 0.791. The molecule has 2 aromatic heterocycles. The number of nitrogens with zero attached hydrogens (tertiary/aromatic N) is 3. The summed E-state index contributed by atoms with van der Waals surface area (Å²) in [5.41, 5.74) is 0.592. The smallest absolute Gasteiger partial charge is 0.284 e. The van der Waals surface area contributed by atoms with Gasteiger partial charge < -0.3 is 0 Å². The van der Waals surface area contributed by atoms with Crippen molar-refractivity contribution in [2.75, 3.05) is 14.2 Å². The second kappa shape index (κ2) is 5.99. The van der Waals surface area contributed by atoms with Crippen LogP contribution in [0.15, 0.2) is 18.6 Å². The van der Waals surface area contributed by atoms with E-state index in [9.17, 15) is 4.79 Å². The standard InChI is InChI=1S/C13H17N3O2S/c1-4-5-6-7-10-12(13(17)15(2)18-3)16-9-14-8-11(16)19-10/h6-9H,4-5H2,1-3H3/b7-6+. The molecule has 0 aliphatic heterocycles. The fourth-order valence-corrected chi connectivity index (χ4v) is 2.74. The Bertz CT molecular complexity index is 600. The first-order chi connectivity index (χ1) is 9.19. The molecule has 0 saturated heterocycles. The first-order valence-corrected chi connectivity index (χ1v) is 6.94. The topological polar surface area (TPSA) is 46.8 Å². The second-order valence-corrected chi connectivity index (χ2v) is 5.16. The summed E-state index contributed by atoms with van der Waals surface area (Å²) in [7, 11) is 3.07. The van der Waals surface area contributed by atoms with E-state index in [1.54, 1.807) is 35.3 Å². The summed E-state index contributed by atoms with van der Waals surface area (Å²) in [6, 6.07) is 0. The molecule has 1 amide bonds. The van der Waals surface area contributed by atoms with Crippen LogP contribution in [0.4, 0.5) is 0 Å². The van der Waals surface area contributed by atoms with Crippen molar-refractivity contribution < 1.29 is 9.63 Å². The summed E-state index contributed by atoms with van der Waals surface area (Å²) in [6.45, 7) is 2.12. The van der Waals surface area contributed by atoms with Crippen LogP contribution in [-0.4, -0.2) is 34.5 Å². The maximum atomic E-state index is 12.3. The number of hydroxylamine groups is 2. The van der Waals surface area contributed by atoms with E-state index in [1.807, 2.05) is 6.08 Å². The third kappa shape index (κ3) is 2.69. The van der Waals surface area contributed by atoms with Gasteiger partial charge in [-0.3, -0.25) is 14.0 Å². The number of hydrogen-bond acceptors (Lipinski definition) is 4. The highest BCUT2D eigenvalue weighted by atomic mass is 32.1. The van der Waals surface area contributed by atoms with Gasteiger partial charge in [-0.25, -0.2) is 10.0 Å². The van der Waals surface area contributed by atoms with Crippen LogP contribution >= 0.6 is 11.3 Å². The van der Waals surface area contributed by atoms with Crippen LogP contribution in [-0.2, 0) is 4.84 Å². The van der Waals surface area contributed by atoms with Crippen molar-refractivity contribution in [3.05, 3.63) is 29.2 Å². The minimum Gasteiger partial charge on any atom is -0.284 e. The van der Waals surface area contributed by atoms with Gasteiger partial charge in [-0.1, -0.05) is 19.4 Å². The molecule has 0 bridgehead atoms. The van der Waals surface area contributed by atoms with Crippen LogP contribution in [0.1, 0.15) is 35.1 Å². The molecule has 0 aliphatic carbocycles. The van der Waals surface area contributed by atoms with E-state index < -0.39 is 0 Å². The van der Waals surface area contributed by atoms with E-state index in [2.05, 4.69) is 18.0 Å². The zero-order valence-corrected chi connectivity index (χ0v) is 12.1. The van der Waals surface area contributed by atoms with Gasteiger partial charge >= 0.3 is 0 Å². The molecule has 0 spiro atoms. The van der Waals surface area contributed by atoms with E-state index in [-0.39, 0.29) is 5.91 Å². The molecular formula is C13H17N3O2S. The van der Waals surface area contributed by atoms with E-state index in [0.29, 0.717) is 5.69 Å². The van der Waals surface area contributed by atoms with Crippen LogP contribution in [0.5, 0.6) is 0 Å². The molecule has 102 valence electrons. The zero-order valence-electron chi connectivity index (χ0n) is 11.3. The lowest BCUT2D eigenvalue weighted by Crippen LogP contribution is -2.27. The molecule has 0 radical (unpaired) electrons. The van der Waals surface area contributed by atoms with Gasteiger partial charge in [0.15, 0.2) is 0 Å². The predicted molar refractivity (Wildman–Crippen MR) is 76.1 cm³/mol. The van der Waals surface area contributed by atoms with Crippen molar-refractivity contribution in [3.8, 4) is 0 Å². The maximum Gasteiger partial charge on any atom is 0.295 e. The molecule has 5 nitrogen and oxygen atoms in total. The molecule has 0 unspecified atom stereocenters. The fraction of sp³-hybridized carbons (Fsp3) is 0.385. The number of aromatic nitrogens is 2. The molecule has 0 N–H and O–H groups in total. The van der Waals surface area contributed by atoms with Crippen molar-refractivity contribution >= 4 is 28.2 Å².